The molecule has 0 atom stereocenters. The van der Waals surface area contributed by atoms with Crippen LogP contribution in [0.2, 0.25) is 0 Å². The number of para-hydroxylation sites is 1. The second kappa shape index (κ2) is 5.24. The highest BCUT2D eigenvalue weighted by Gasteiger charge is 2.08. The van der Waals surface area contributed by atoms with E-state index in [1.165, 1.54) is 4.68 Å². The van der Waals surface area contributed by atoms with Crippen molar-refractivity contribution in [3.05, 3.63) is 68.3 Å². The van der Waals surface area contributed by atoms with Gasteiger partial charge in [0.15, 0.2) is 0 Å². The molecule has 1 aromatic heterocycles. The molecule has 0 aliphatic carbocycles. The Hall–Kier alpha value is -1.89. The third kappa shape index (κ3) is 2.40. The number of hydrogen-bond donors (Lipinski definition) is 1. The Morgan fingerprint density at radius 1 is 1.15 bits per heavy atom. The highest BCUT2D eigenvalue weighted by molar-refractivity contribution is 14.1. The molecule has 100 valence electrons. The van der Waals surface area contributed by atoms with Crippen molar-refractivity contribution in [2.45, 2.75) is 6.92 Å². The van der Waals surface area contributed by atoms with Crippen LogP contribution < -0.4 is 11.0 Å². The van der Waals surface area contributed by atoms with Crippen LogP contribution in [0.25, 0.3) is 10.9 Å². The molecular weight excluding hydrogens is 365 g/mol. The average Bonchev–Trinajstić information content (AvgIpc) is 2.46. The molecule has 1 heterocycles. The first-order valence-electron chi connectivity index (χ1n) is 6.16. The lowest BCUT2D eigenvalue weighted by Crippen LogP contribution is -2.29. The molecule has 0 amide bonds. The third-order valence-electron chi connectivity index (χ3n) is 3.01. The molecule has 4 nitrogen and oxygen atoms in total. The van der Waals surface area contributed by atoms with Crippen molar-refractivity contribution in [1.82, 2.24) is 9.66 Å². The Labute approximate surface area is 129 Å². The molecule has 0 fully saturated rings. The Morgan fingerprint density at radius 3 is 2.65 bits per heavy atom. The smallest absolute Gasteiger partial charge is 0.280 e. The summed E-state index contributed by atoms with van der Waals surface area (Å²) < 4.78 is 2.50. The lowest BCUT2D eigenvalue weighted by atomic mass is 10.2. The van der Waals surface area contributed by atoms with E-state index in [0.717, 1.165) is 14.8 Å². The first-order valence-corrected chi connectivity index (χ1v) is 7.24. The highest BCUT2D eigenvalue weighted by atomic mass is 127. The van der Waals surface area contributed by atoms with Crippen LogP contribution in [0.5, 0.6) is 0 Å². The van der Waals surface area contributed by atoms with Crippen LogP contribution in [0, 0.1) is 10.5 Å². The zero-order valence-corrected chi connectivity index (χ0v) is 13.0. The molecule has 1 N–H and O–H groups in total. The summed E-state index contributed by atoms with van der Waals surface area (Å²) in [5.74, 6) is 0.632. The number of halogens is 1. The van der Waals surface area contributed by atoms with E-state index in [1.54, 1.807) is 0 Å². The number of benzene rings is 2. The molecule has 0 unspecified atom stereocenters. The van der Waals surface area contributed by atoms with Gasteiger partial charge in [0.1, 0.15) is 5.82 Å². The van der Waals surface area contributed by atoms with Crippen molar-refractivity contribution in [1.29, 1.82) is 0 Å². The van der Waals surface area contributed by atoms with E-state index in [9.17, 15) is 4.79 Å². The molecule has 0 spiro atoms. The van der Waals surface area contributed by atoms with E-state index in [0.29, 0.717) is 11.2 Å². The van der Waals surface area contributed by atoms with Gasteiger partial charge in [-0.1, -0.05) is 18.2 Å². The van der Waals surface area contributed by atoms with Crippen molar-refractivity contribution in [3.8, 4) is 0 Å². The van der Waals surface area contributed by atoms with Gasteiger partial charge in [0.2, 0.25) is 0 Å². The number of nitrogens with one attached hydrogen (secondary N) is 1. The van der Waals surface area contributed by atoms with Gasteiger partial charge in [0, 0.05) is 3.57 Å². The minimum Gasteiger partial charge on any atom is -0.290 e. The van der Waals surface area contributed by atoms with Crippen molar-refractivity contribution < 1.29 is 0 Å². The molecule has 5 heteroatoms. The maximum Gasteiger partial charge on any atom is 0.280 e. The van der Waals surface area contributed by atoms with E-state index >= 15 is 0 Å². The summed E-state index contributed by atoms with van der Waals surface area (Å²) in [6, 6.07) is 15.3. The van der Waals surface area contributed by atoms with E-state index in [-0.39, 0.29) is 5.56 Å². The van der Waals surface area contributed by atoms with Crippen LogP contribution in [-0.4, -0.2) is 9.66 Å². The second-order valence-electron chi connectivity index (χ2n) is 4.44. The number of aryl methyl sites for hydroxylation is 1. The topological polar surface area (TPSA) is 46.9 Å². The molecule has 2 aromatic carbocycles. The fraction of sp³-hybridized carbons (Fsp3) is 0.0667. The van der Waals surface area contributed by atoms with Crippen LogP contribution in [0.1, 0.15) is 5.82 Å². The molecular formula is C15H12IN3O. The summed E-state index contributed by atoms with van der Waals surface area (Å²) in [7, 11) is 0. The van der Waals surface area contributed by atoms with Gasteiger partial charge >= 0.3 is 0 Å². The normalized spacial score (nSPS) is 10.7. The zero-order chi connectivity index (χ0) is 14.1. The van der Waals surface area contributed by atoms with Gasteiger partial charge in [-0.05, 0) is 59.8 Å². The minimum absolute atomic E-state index is 0.0881. The Morgan fingerprint density at radius 2 is 1.90 bits per heavy atom. The zero-order valence-electron chi connectivity index (χ0n) is 10.8. The summed E-state index contributed by atoms with van der Waals surface area (Å²) in [4.78, 5) is 17.0. The van der Waals surface area contributed by atoms with Gasteiger partial charge in [-0.3, -0.25) is 10.2 Å². The molecule has 0 radical (unpaired) electrons. The van der Waals surface area contributed by atoms with Crippen molar-refractivity contribution >= 4 is 39.2 Å². The number of anilines is 1. The summed E-state index contributed by atoms with van der Waals surface area (Å²) in [6.07, 6.45) is 0. The molecule has 0 aliphatic heterocycles. The Kier molecular flexibility index (Phi) is 3.43. The average molecular weight is 377 g/mol. The Bertz CT molecular complexity index is 828. The first kappa shape index (κ1) is 13.1. The molecule has 0 saturated heterocycles. The van der Waals surface area contributed by atoms with Gasteiger partial charge in [-0.2, -0.15) is 0 Å². The van der Waals surface area contributed by atoms with Crippen LogP contribution in [-0.2, 0) is 0 Å². The van der Waals surface area contributed by atoms with E-state index in [2.05, 4.69) is 33.0 Å². The molecule has 0 bridgehead atoms. The predicted molar refractivity (Wildman–Crippen MR) is 88.9 cm³/mol. The van der Waals surface area contributed by atoms with Gasteiger partial charge in [0.05, 0.1) is 16.6 Å². The van der Waals surface area contributed by atoms with Gasteiger partial charge < -0.3 is 0 Å². The third-order valence-corrected chi connectivity index (χ3v) is 3.68. The van der Waals surface area contributed by atoms with Crippen LogP contribution in [0.3, 0.4) is 0 Å². The van der Waals surface area contributed by atoms with Crippen LogP contribution in [0.15, 0.2) is 53.3 Å². The molecule has 3 rings (SSSR count). The maximum atomic E-state index is 12.6. The molecule has 0 aliphatic rings. The number of hydrogen-bond acceptors (Lipinski definition) is 3. The second-order valence-corrected chi connectivity index (χ2v) is 5.68. The SMILES string of the molecule is Cc1nc2ccc(I)cc2c(=O)n1Nc1ccccc1. The summed E-state index contributed by atoms with van der Waals surface area (Å²) in [5, 5.41) is 0.617. The van der Waals surface area contributed by atoms with E-state index in [1.807, 2.05) is 55.5 Å². The lowest BCUT2D eigenvalue weighted by Gasteiger charge is -2.13. The summed E-state index contributed by atoms with van der Waals surface area (Å²) in [6.45, 7) is 1.81. The molecule has 20 heavy (non-hydrogen) atoms. The van der Waals surface area contributed by atoms with E-state index in [4.69, 9.17) is 0 Å². The summed E-state index contributed by atoms with van der Waals surface area (Å²) in [5.41, 5.74) is 4.58. The monoisotopic (exact) mass is 377 g/mol. The first-order chi connectivity index (χ1) is 9.65. The minimum atomic E-state index is -0.0881. The quantitative estimate of drug-likeness (QED) is 0.698. The number of fused-ring (bicyclic) bond motifs is 1. The number of nitrogens with zero attached hydrogens (tertiary/aromatic N) is 2. The molecule has 0 saturated carbocycles. The lowest BCUT2D eigenvalue weighted by molar-refractivity contribution is 0.825. The summed E-state index contributed by atoms with van der Waals surface area (Å²) >= 11 is 2.19. The van der Waals surface area contributed by atoms with Crippen LogP contribution in [0.4, 0.5) is 5.69 Å². The van der Waals surface area contributed by atoms with Gasteiger partial charge in [0.25, 0.3) is 5.56 Å². The fourth-order valence-corrected chi connectivity index (χ4v) is 2.53. The Balaban J connectivity index is 2.18. The largest absolute Gasteiger partial charge is 0.290 e. The van der Waals surface area contributed by atoms with E-state index < -0.39 is 0 Å². The fourth-order valence-electron chi connectivity index (χ4n) is 2.04. The van der Waals surface area contributed by atoms with Crippen molar-refractivity contribution in [2.75, 3.05) is 5.43 Å². The highest BCUT2D eigenvalue weighted by Crippen LogP contribution is 2.13. The van der Waals surface area contributed by atoms with Crippen molar-refractivity contribution in [3.63, 3.8) is 0 Å². The van der Waals surface area contributed by atoms with Crippen molar-refractivity contribution in [2.24, 2.45) is 0 Å². The number of rotatable bonds is 2. The predicted octanol–water partition coefficient (Wildman–Crippen LogP) is 3.18. The molecule has 3 aromatic rings. The number of aromatic nitrogens is 2. The van der Waals surface area contributed by atoms with Gasteiger partial charge in [-0.25, -0.2) is 9.66 Å². The standard InChI is InChI=1S/C15H12IN3O/c1-10-17-14-8-7-11(16)9-13(14)15(20)19(10)18-12-5-3-2-4-6-12/h2-9,18H,1H3. The maximum absolute atomic E-state index is 12.6. The van der Waals surface area contributed by atoms with Crippen LogP contribution >= 0.6 is 22.6 Å². The van der Waals surface area contributed by atoms with Gasteiger partial charge in [-0.15, -0.1) is 0 Å².